The summed E-state index contributed by atoms with van der Waals surface area (Å²) in [4.78, 5) is 8.88. The quantitative estimate of drug-likeness (QED) is 0.775. The van der Waals surface area contributed by atoms with Gasteiger partial charge in [-0.15, -0.1) is 0 Å². The van der Waals surface area contributed by atoms with E-state index in [0.717, 1.165) is 24.5 Å². The SMILES string of the molecule is c1cc(-c2ccc3c(c2)C(c2ccsc2)=NCCN3)ccn1. The van der Waals surface area contributed by atoms with Gasteiger partial charge in [-0.05, 0) is 46.8 Å². The zero-order valence-electron chi connectivity index (χ0n) is 12.0. The van der Waals surface area contributed by atoms with Crippen molar-refractivity contribution in [3.05, 3.63) is 70.7 Å². The molecule has 2 aromatic heterocycles. The highest BCUT2D eigenvalue weighted by Crippen LogP contribution is 2.29. The van der Waals surface area contributed by atoms with Gasteiger partial charge >= 0.3 is 0 Å². The van der Waals surface area contributed by atoms with E-state index in [2.05, 4.69) is 45.3 Å². The maximum atomic E-state index is 4.79. The van der Waals surface area contributed by atoms with Gasteiger partial charge in [-0.1, -0.05) is 6.07 Å². The molecule has 0 bridgehead atoms. The van der Waals surface area contributed by atoms with Crippen LogP contribution < -0.4 is 5.32 Å². The van der Waals surface area contributed by atoms with Crippen molar-refractivity contribution in [1.82, 2.24) is 4.98 Å². The van der Waals surface area contributed by atoms with Crippen molar-refractivity contribution in [2.75, 3.05) is 18.4 Å². The van der Waals surface area contributed by atoms with E-state index in [1.807, 2.05) is 24.5 Å². The Kier molecular flexibility index (Phi) is 3.45. The Hall–Kier alpha value is -2.46. The molecule has 4 rings (SSSR count). The number of benzodiazepines with no additional fused rings is 1. The molecule has 1 N–H and O–H groups in total. The van der Waals surface area contributed by atoms with E-state index >= 15 is 0 Å². The third-order valence-electron chi connectivity index (χ3n) is 3.78. The Morgan fingerprint density at radius 1 is 0.955 bits per heavy atom. The summed E-state index contributed by atoms with van der Waals surface area (Å²) in [6.07, 6.45) is 3.65. The largest absolute Gasteiger partial charge is 0.383 e. The summed E-state index contributed by atoms with van der Waals surface area (Å²) in [6.45, 7) is 1.67. The van der Waals surface area contributed by atoms with Crippen molar-refractivity contribution < 1.29 is 0 Å². The van der Waals surface area contributed by atoms with Crippen LogP contribution in [0.1, 0.15) is 11.1 Å². The molecule has 0 amide bonds. The van der Waals surface area contributed by atoms with Gasteiger partial charge < -0.3 is 5.32 Å². The Labute approximate surface area is 133 Å². The lowest BCUT2D eigenvalue weighted by atomic mass is 9.97. The Morgan fingerprint density at radius 2 is 1.86 bits per heavy atom. The molecular weight excluding hydrogens is 290 g/mol. The number of nitrogens with one attached hydrogen (secondary N) is 1. The Morgan fingerprint density at radius 3 is 2.68 bits per heavy atom. The van der Waals surface area contributed by atoms with Crippen LogP contribution in [0.4, 0.5) is 5.69 Å². The van der Waals surface area contributed by atoms with Gasteiger partial charge in [-0.3, -0.25) is 9.98 Å². The molecule has 0 saturated heterocycles. The maximum Gasteiger partial charge on any atom is 0.0749 e. The number of hydrogen-bond donors (Lipinski definition) is 1. The molecule has 0 radical (unpaired) electrons. The Bertz CT molecular complexity index is 808. The highest BCUT2D eigenvalue weighted by atomic mass is 32.1. The smallest absolute Gasteiger partial charge is 0.0749 e. The normalized spacial score (nSPS) is 13.7. The monoisotopic (exact) mass is 305 g/mol. The highest BCUT2D eigenvalue weighted by Gasteiger charge is 2.15. The number of benzene rings is 1. The standard InChI is InChI=1S/C18H15N3S/c1-2-17-16(11-14(1)13-3-6-19-7-4-13)18(21-9-8-20-17)15-5-10-22-12-15/h1-7,10-12,20H,8-9H2. The van der Waals surface area contributed by atoms with Gasteiger partial charge in [0.25, 0.3) is 0 Å². The fraction of sp³-hybridized carbons (Fsp3) is 0.111. The van der Waals surface area contributed by atoms with Crippen LogP contribution in [-0.2, 0) is 0 Å². The number of fused-ring (bicyclic) bond motifs is 1. The van der Waals surface area contributed by atoms with Crippen LogP contribution in [0, 0.1) is 0 Å². The second kappa shape index (κ2) is 5.73. The predicted octanol–water partition coefficient (Wildman–Crippen LogP) is 4.07. The van der Waals surface area contributed by atoms with Crippen molar-refractivity contribution in [1.29, 1.82) is 0 Å². The van der Waals surface area contributed by atoms with E-state index in [0.29, 0.717) is 0 Å². The van der Waals surface area contributed by atoms with Gasteiger partial charge in [-0.25, -0.2) is 0 Å². The van der Waals surface area contributed by atoms with Crippen molar-refractivity contribution in [3.8, 4) is 11.1 Å². The first kappa shape index (κ1) is 13.2. The fourth-order valence-electron chi connectivity index (χ4n) is 2.71. The lowest BCUT2D eigenvalue weighted by molar-refractivity contribution is 1.04. The second-order valence-corrected chi connectivity index (χ2v) is 5.95. The minimum Gasteiger partial charge on any atom is -0.383 e. The molecule has 3 heterocycles. The average Bonchev–Trinajstić information content (AvgIpc) is 3.02. The molecular formula is C18H15N3S. The molecule has 4 heteroatoms. The molecule has 0 aliphatic carbocycles. The summed E-state index contributed by atoms with van der Waals surface area (Å²) in [5.74, 6) is 0. The zero-order chi connectivity index (χ0) is 14.8. The van der Waals surface area contributed by atoms with Gasteiger partial charge in [-0.2, -0.15) is 11.3 Å². The summed E-state index contributed by atoms with van der Waals surface area (Å²) in [6, 6.07) is 12.7. The molecule has 0 fully saturated rings. The second-order valence-electron chi connectivity index (χ2n) is 5.17. The minimum absolute atomic E-state index is 0.796. The molecule has 0 spiro atoms. The lowest BCUT2D eigenvalue weighted by Crippen LogP contribution is -2.05. The topological polar surface area (TPSA) is 37.3 Å². The summed E-state index contributed by atoms with van der Waals surface area (Å²) in [7, 11) is 0. The van der Waals surface area contributed by atoms with Gasteiger partial charge in [0.1, 0.15) is 0 Å². The van der Waals surface area contributed by atoms with E-state index < -0.39 is 0 Å². The fourth-order valence-corrected chi connectivity index (χ4v) is 3.35. The third kappa shape index (κ3) is 2.42. The molecule has 1 aliphatic rings. The van der Waals surface area contributed by atoms with Crippen LogP contribution >= 0.6 is 11.3 Å². The third-order valence-corrected chi connectivity index (χ3v) is 4.46. The molecule has 108 valence electrons. The predicted molar refractivity (Wildman–Crippen MR) is 93.0 cm³/mol. The van der Waals surface area contributed by atoms with Gasteiger partial charge in [0.15, 0.2) is 0 Å². The summed E-state index contributed by atoms with van der Waals surface area (Å²) >= 11 is 1.71. The average molecular weight is 305 g/mol. The van der Waals surface area contributed by atoms with E-state index in [4.69, 9.17) is 4.99 Å². The summed E-state index contributed by atoms with van der Waals surface area (Å²) < 4.78 is 0. The van der Waals surface area contributed by atoms with E-state index in [-0.39, 0.29) is 0 Å². The van der Waals surface area contributed by atoms with Gasteiger partial charge in [0.05, 0.1) is 12.3 Å². The zero-order valence-corrected chi connectivity index (χ0v) is 12.8. The molecule has 22 heavy (non-hydrogen) atoms. The highest BCUT2D eigenvalue weighted by molar-refractivity contribution is 7.08. The first-order valence-corrected chi connectivity index (χ1v) is 8.22. The summed E-state index contributed by atoms with van der Waals surface area (Å²) in [5, 5.41) is 7.73. The molecule has 3 nitrogen and oxygen atoms in total. The summed E-state index contributed by atoms with van der Waals surface area (Å²) in [5.41, 5.74) is 6.96. The van der Waals surface area contributed by atoms with Crippen LogP contribution in [-0.4, -0.2) is 23.8 Å². The van der Waals surface area contributed by atoms with Crippen molar-refractivity contribution in [3.63, 3.8) is 0 Å². The van der Waals surface area contributed by atoms with Crippen molar-refractivity contribution in [2.24, 2.45) is 4.99 Å². The van der Waals surface area contributed by atoms with Crippen LogP contribution in [0.15, 0.2) is 64.5 Å². The molecule has 0 saturated carbocycles. The van der Waals surface area contributed by atoms with Crippen LogP contribution in [0.25, 0.3) is 11.1 Å². The molecule has 1 aliphatic heterocycles. The molecule has 0 atom stereocenters. The van der Waals surface area contributed by atoms with E-state index in [9.17, 15) is 0 Å². The van der Waals surface area contributed by atoms with Crippen molar-refractivity contribution >= 4 is 22.7 Å². The lowest BCUT2D eigenvalue weighted by Gasteiger charge is -2.12. The number of aliphatic imine (C=N–C) groups is 1. The number of pyridine rings is 1. The van der Waals surface area contributed by atoms with Crippen LogP contribution in [0.3, 0.4) is 0 Å². The Balaban J connectivity index is 1.86. The number of nitrogens with zero attached hydrogens (tertiary/aromatic N) is 2. The number of thiophene rings is 1. The number of rotatable bonds is 2. The number of aromatic nitrogens is 1. The first-order chi connectivity index (χ1) is 10.9. The molecule has 0 unspecified atom stereocenters. The first-order valence-electron chi connectivity index (χ1n) is 7.27. The van der Waals surface area contributed by atoms with E-state index in [1.165, 1.54) is 22.3 Å². The van der Waals surface area contributed by atoms with Crippen LogP contribution in [0.5, 0.6) is 0 Å². The number of hydrogen-bond acceptors (Lipinski definition) is 4. The molecule has 3 aromatic rings. The van der Waals surface area contributed by atoms with Crippen LogP contribution in [0.2, 0.25) is 0 Å². The maximum absolute atomic E-state index is 4.79. The number of anilines is 1. The van der Waals surface area contributed by atoms with Crippen molar-refractivity contribution in [2.45, 2.75) is 0 Å². The minimum atomic E-state index is 0.796. The van der Waals surface area contributed by atoms with Gasteiger partial charge in [0.2, 0.25) is 0 Å². The van der Waals surface area contributed by atoms with E-state index in [1.54, 1.807) is 11.3 Å². The molecule has 1 aromatic carbocycles. The van der Waals surface area contributed by atoms with Gasteiger partial charge in [0, 0.05) is 41.1 Å².